The van der Waals surface area contributed by atoms with Gasteiger partial charge >= 0.3 is 0 Å². The molecule has 0 bridgehead atoms. The van der Waals surface area contributed by atoms with Crippen molar-refractivity contribution in [1.29, 1.82) is 0 Å². The first-order valence-corrected chi connectivity index (χ1v) is 6.48. The third-order valence-corrected chi connectivity index (χ3v) is 2.84. The standard InChI is InChI=1S/C14H16ClN3/c1-3-13-17-12(9-14(18-13)16-4-2)10-5-7-11(15)8-6-10/h5-9H,3-4H2,1-2H3,(H,16,17,18). The van der Waals surface area contributed by atoms with Crippen molar-refractivity contribution in [2.75, 3.05) is 11.9 Å². The van der Waals surface area contributed by atoms with Crippen molar-refractivity contribution < 1.29 is 0 Å². The van der Waals surface area contributed by atoms with E-state index in [0.717, 1.165) is 40.9 Å². The highest BCUT2D eigenvalue weighted by molar-refractivity contribution is 6.30. The Morgan fingerprint density at radius 2 is 1.83 bits per heavy atom. The molecule has 0 radical (unpaired) electrons. The highest BCUT2D eigenvalue weighted by Gasteiger charge is 2.05. The topological polar surface area (TPSA) is 37.8 Å². The molecule has 3 nitrogen and oxygen atoms in total. The number of anilines is 1. The van der Waals surface area contributed by atoms with E-state index in [1.54, 1.807) is 0 Å². The zero-order valence-corrected chi connectivity index (χ0v) is 11.3. The van der Waals surface area contributed by atoms with Crippen LogP contribution >= 0.6 is 11.6 Å². The Morgan fingerprint density at radius 3 is 2.44 bits per heavy atom. The summed E-state index contributed by atoms with van der Waals surface area (Å²) in [5.74, 6) is 1.72. The van der Waals surface area contributed by atoms with Crippen LogP contribution in [0.5, 0.6) is 0 Å². The predicted molar refractivity (Wildman–Crippen MR) is 76.0 cm³/mol. The van der Waals surface area contributed by atoms with Gasteiger partial charge in [-0.1, -0.05) is 30.7 Å². The second kappa shape index (κ2) is 5.83. The third kappa shape index (κ3) is 2.99. The van der Waals surface area contributed by atoms with Gasteiger partial charge in [-0.3, -0.25) is 0 Å². The summed E-state index contributed by atoms with van der Waals surface area (Å²) in [6.07, 6.45) is 0.819. The predicted octanol–water partition coefficient (Wildman–Crippen LogP) is 3.79. The van der Waals surface area contributed by atoms with Crippen molar-refractivity contribution in [3.8, 4) is 11.3 Å². The molecular weight excluding hydrogens is 246 g/mol. The summed E-state index contributed by atoms with van der Waals surface area (Å²) in [4.78, 5) is 8.98. The van der Waals surface area contributed by atoms with Gasteiger partial charge < -0.3 is 5.32 Å². The average Bonchev–Trinajstić information content (AvgIpc) is 2.39. The summed E-state index contributed by atoms with van der Waals surface area (Å²) in [6, 6.07) is 9.65. The molecule has 4 heteroatoms. The second-order valence-corrected chi connectivity index (χ2v) is 4.38. The molecule has 0 aliphatic heterocycles. The lowest BCUT2D eigenvalue weighted by Gasteiger charge is -2.08. The Morgan fingerprint density at radius 1 is 1.11 bits per heavy atom. The molecule has 0 aliphatic carbocycles. The summed E-state index contributed by atoms with van der Waals surface area (Å²) in [5.41, 5.74) is 1.98. The van der Waals surface area contributed by atoms with E-state index in [0.29, 0.717) is 0 Å². The Labute approximate surface area is 112 Å². The molecule has 1 heterocycles. The highest BCUT2D eigenvalue weighted by Crippen LogP contribution is 2.22. The van der Waals surface area contributed by atoms with Crippen LogP contribution in [0.15, 0.2) is 30.3 Å². The second-order valence-electron chi connectivity index (χ2n) is 3.95. The number of benzene rings is 1. The quantitative estimate of drug-likeness (QED) is 0.910. The van der Waals surface area contributed by atoms with E-state index in [1.807, 2.05) is 30.3 Å². The molecule has 2 rings (SSSR count). The van der Waals surface area contributed by atoms with Gasteiger partial charge in [-0.15, -0.1) is 0 Å². The molecule has 0 aliphatic rings. The molecule has 0 unspecified atom stereocenters. The first-order chi connectivity index (χ1) is 8.72. The van der Waals surface area contributed by atoms with Crippen molar-refractivity contribution >= 4 is 17.4 Å². The molecule has 0 saturated heterocycles. The van der Waals surface area contributed by atoms with Gasteiger partial charge in [0.25, 0.3) is 0 Å². The largest absolute Gasteiger partial charge is 0.370 e. The number of aryl methyl sites for hydroxylation is 1. The summed E-state index contributed by atoms with van der Waals surface area (Å²) < 4.78 is 0. The van der Waals surface area contributed by atoms with Gasteiger partial charge in [0.15, 0.2) is 0 Å². The molecule has 1 N–H and O–H groups in total. The molecule has 94 valence electrons. The lowest BCUT2D eigenvalue weighted by Crippen LogP contribution is -2.04. The van der Waals surface area contributed by atoms with Crippen molar-refractivity contribution in [2.45, 2.75) is 20.3 Å². The summed E-state index contributed by atoms with van der Waals surface area (Å²) in [7, 11) is 0. The summed E-state index contributed by atoms with van der Waals surface area (Å²) >= 11 is 5.89. The molecule has 0 amide bonds. The lowest BCUT2D eigenvalue weighted by atomic mass is 10.1. The van der Waals surface area contributed by atoms with Crippen LogP contribution in [0.4, 0.5) is 5.82 Å². The maximum atomic E-state index is 5.89. The molecule has 1 aromatic carbocycles. The highest BCUT2D eigenvalue weighted by atomic mass is 35.5. The van der Waals surface area contributed by atoms with Crippen LogP contribution < -0.4 is 5.32 Å². The number of nitrogens with one attached hydrogen (secondary N) is 1. The van der Waals surface area contributed by atoms with Gasteiger partial charge in [-0.2, -0.15) is 0 Å². The minimum atomic E-state index is 0.732. The number of aromatic nitrogens is 2. The SMILES string of the molecule is CCNc1cc(-c2ccc(Cl)cc2)nc(CC)n1. The molecule has 0 saturated carbocycles. The van der Waals surface area contributed by atoms with E-state index >= 15 is 0 Å². The fraction of sp³-hybridized carbons (Fsp3) is 0.286. The number of hydrogen-bond donors (Lipinski definition) is 1. The van der Waals surface area contributed by atoms with E-state index in [1.165, 1.54) is 0 Å². The smallest absolute Gasteiger partial charge is 0.131 e. The van der Waals surface area contributed by atoms with Gasteiger partial charge in [0.1, 0.15) is 11.6 Å². The van der Waals surface area contributed by atoms with Crippen LogP contribution in [-0.4, -0.2) is 16.5 Å². The molecular formula is C14H16ClN3. The van der Waals surface area contributed by atoms with Crippen LogP contribution in [-0.2, 0) is 6.42 Å². The zero-order chi connectivity index (χ0) is 13.0. The van der Waals surface area contributed by atoms with Gasteiger partial charge in [0, 0.05) is 29.6 Å². The number of rotatable bonds is 4. The number of hydrogen-bond acceptors (Lipinski definition) is 3. The number of halogens is 1. The Bertz CT molecular complexity index is 523. The van der Waals surface area contributed by atoms with Crippen molar-refractivity contribution in [3.63, 3.8) is 0 Å². The molecule has 0 atom stereocenters. The third-order valence-electron chi connectivity index (χ3n) is 2.59. The van der Waals surface area contributed by atoms with Gasteiger partial charge in [-0.05, 0) is 19.1 Å². The Hall–Kier alpha value is -1.61. The van der Waals surface area contributed by atoms with E-state index in [4.69, 9.17) is 11.6 Å². The minimum Gasteiger partial charge on any atom is -0.370 e. The van der Waals surface area contributed by atoms with Crippen molar-refractivity contribution in [3.05, 3.63) is 41.2 Å². The molecule has 1 aromatic heterocycles. The lowest BCUT2D eigenvalue weighted by molar-refractivity contribution is 0.939. The Balaban J connectivity index is 2.42. The van der Waals surface area contributed by atoms with Gasteiger partial charge in [0.2, 0.25) is 0 Å². The first-order valence-electron chi connectivity index (χ1n) is 6.10. The van der Waals surface area contributed by atoms with Gasteiger partial charge in [-0.25, -0.2) is 9.97 Å². The minimum absolute atomic E-state index is 0.732. The van der Waals surface area contributed by atoms with Gasteiger partial charge in [0.05, 0.1) is 5.69 Å². The van der Waals surface area contributed by atoms with Crippen LogP contribution in [0.2, 0.25) is 5.02 Å². The maximum Gasteiger partial charge on any atom is 0.131 e. The molecule has 2 aromatic rings. The zero-order valence-electron chi connectivity index (χ0n) is 10.6. The monoisotopic (exact) mass is 261 g/mol. The van der Waals surface area contributed by atoms with Crippen molar-refractivity contribution in [2.24, 2.45) is 0 Å². The summed E-state index contributed by atoms with van der Waals surface area (Å²) in [5, 5.41) is 3.96. The van der Waals surface area contributed by atoms with Crippen LogP contribution in [0, 0.1) is 0 Å². The fourth-order valence-corrected chi connectivity index (χ4v) is 1.82. The van der Waals surface area contributed by atoms with Crippen molar-refractivity contribution in [1.82, 2.24) is 9.97 Å². The normalized spacial score (nSPS) is 10.4. The van der Waals surface area contributed by atoms with E-state index in [9.17, 15) is 0 Å². The molecule has 18 heavy (non-hydrogen) atoms. The summed E-state index contributed by atoms with van der Waals surface area (Å²) in [6.45, 7) is 4.95. The van der Waals surface area contributed by atoms with Crippen LogP contribution in [0.3, 0.4) is 0 Å². The Kier molecular flexibility index (Phi) is 4.15. The van der Waals surface area contributed by atoms with E-state index < -0.39 is 0 Å². The maximum absolute atomic E-state index is 5.89. The fourth-order valence-electron chi connectivity index (χ4n) is 1.70. The van der Waals surface area contributed by atoms with E-state index in [2.05, 4.69) is 29.1 Å². The van der Waals surface area contributed by atoms with E-state index in [-0.39, 0.29) is 0 Å². The average molecular weight is 262 g/mol. The molecule has 0 fully saturated rings. The number of nitrogens with zero attached hydrogens (tertiary/aromatic N) is 2. The first kappa shape index (κ1) is 12.8. The molecule has 0 spiro atoms. The van der Waals surface area contributed by atoms with Crippen LogP contribution in [0.1, 0.15) is 19.7 Å². The van der Waals surface area contributed by atoms with Crippen LogP contribution in [0.25, 0.3) is 11.3 Å².